The van der Waals surface area contributed by atoms with Crippen LogP contribution in [0.5, 0.6) is 0 Å². The molecule has 2 aromatic rings. The molecule has 3 heterocycles. The fourth-order valence-corrected chi connectivity index (χ4v) is 1.94. The number of anilines is 1. The van der Waals surface area contributed by atoms with Gasteiger partial charge in [-0.3, -0.25) is 4.57 Å². The van der Waals surface area contributed by atoms with Crippen molar-refractivity contribution < 1.29 is 19.3 Å². The van der Waals surface area contributed by atoms with E-state index in [1.807, 2.05) is 0 Å². The summed E-state index contributed by atoms with van der Waals surface area (Å²) < 4.78 is 19.9. The van der Waals surface area contributed by atoms with Crippen molar-refractivity contribution in [2.75, 3.05) is 12.3 Å². The van der Waals surface area contributed by atoms with E-state index in [0.717, 1.165) is 10.9 Å². The molecule has 18 heavy (non-hydrogen) atoms. The van der Waals surface area contributed by atoms with Gasteiger partial charge in [-0.2, -0.15) is 9.37 Å². The number of aliphatic hydroxyl groups excluding tert-OH is 2. The van der Waals surface area contributed by atoms with E-state index < -0.39 is 24.5 Å². The summed E-state index contributed by atoms with van der Waals surface area (Å²) in [4.78, 5) is 11.1. The molecule has 0 bridgehead atoms. The second-order valence-corrected chi connectivity index (χ2v) is 3.96. The Hall–Kier alpha value is -1.84. The molecule has 8 nitrogen and oxygen atoms in total. The molecular weight excluding hydrogens is 245 g/mol. The van der Waals surface area contributed by atoms with Crippen LogP contribution in [-0.2, 0) is 4.74 Å². The van der Waals surface area contributed by atoms with Crippen molar-refractivity contribution >= 4 is 17.0 Å². The molecule has 0 radical (unpaired) electrons. The number of aliphatic hydroxyl groups is 2. The fourth-order valence-electron chi connectivity index (χ4n) is 1.94. The summed E-state index contributed by atoms with van der Waals surface area (Å²) >= 11 is 0. The zero-order valence-electron chi connectivity index (χ0n) is 9.06. The second kappa shape index (κ2) is 3.83. The van der Waals surface area contributed by atoms with Crippen molar-refractivity contribution in [1.29, 1.82) is 0 Å². The molecule has 1 fully saturated rings. The quantitative estimate of drug-likeness (QED) is 0.547. The van der Waals surface area contributed by atoms with Gasteiger partial charge >= 0.3 is 0 Å². The highest BCUT2D eigenvalue weighted by atomic mass is 19.1. The molecule has 3 atom stereocenters. The summed E-state index contributed by atoms with van der Waals surface area (Å²) in [5, 5.41) is 19.1. The average molecular weight is 255 g/mol. The Morgan fingerprint density at radius 2 is 2.22 bits per heavy atom. The van der Waals surface area contributed by atoms with Gasteiger partial charge in [0.15, 0.2) is 23.2 Å². The maximum Gasteiger partial charge on any atom is 0.293 e. The predicted octanol–water partition coefficient (Wildman–Crippen LogP) is -1.20. The molecule has 9 heteroatoms. The van der Waals surface area contributed by atoms with E-state index in [-0.39, 0.29) is 23.6 Å². The van der Waals surface area contributed by atoms with Crippen molar-refractivity contribution in [3.63, 3.8) is 0 Å². The zero-order chi connectivity index (χ0) is 12.9. The Labute approximate surface area is 99.9 Å². The van der Waals surface area contributed by atoms with E-state index >= 15 is 0 Å². The lowest BCUT2D eigenvalue weighted by Crippen LogP contribution is -2.29. The molecule has 0 saturated carbocycles. The van der Waals surface area contributed by atoms with E-state index in [1.54, 1.807) is 0 Å². The third-order valence-electron chi connectivity index (χ3n) is 2.84. The SMILES string of the molecule is Nc1ncnc2c1nc(F)n2C1OCC(O)C1O. The van der Waals surface area contributed by atoms with Gasteiger partial charge in [-0.25, -0.2) is 9.97 Å². The number of nitrogen functional groups attached to an aromatic ring is 1. The van der Waals surface area contributed by atoms with E-state index in [9.17, 15) is 14.6 Å². The number of ether oxygens (including phenoxy) is 1. The van der Waals surface area contributed by atoms with Crippen LogP contribution in [0.15, 0.2) is 6.33 Å². The van der Waals surface area contributed by atoms with Gasteiger partial charge in [0, 0.05) is 0 Å². The van der Waals surface area contributed by atoms with Gasteiger partial charge < -0.3 is 20.7 Å². The number of aromatic nitrogens is 4. The normalized spacial score (nSPS) is 28.1. The lowest BCUT2D eigenvalue weighted by atomic mass is 10.2. The van der Waals surface area contributed by atoms with Crippen LogP contribution < -0.4 is 5.73 Å². The number of nitrogens with zero attached hydrogens (tertiary/aromatic N) is 4. The largest absolute Gasteiger partial charge is 0.388 e. The first-order valence-corrected chi connectivity index (χ1v) is 5.21. The number of nitrogens with two attached hydrogens (primary N) is 1. The number of halogens is 1. The second-order valence-electron chi connectivity index (χ2n) is 3.96. The highest BCUT2D eigenvalue weighted by Gasteiger charge is 2.38. The summed E-state index contributed by atoms with van der Waals surface area (Å²) in [6, 6.07) is 0. The molecule has 3 rings (SSSR count). The summed E-state index contributed by atoms with van der Waals surface area (Å²) in [5.74, 6) is 0.0330. The average Bonchev–Trinajstić information content (AvgIpc) is 2.83. The Morgan fingerprint density at radius 1 is 1.44 bits per heavy atom. The molecule has 1 aliphatic heterocycles. The van der Waals surface area contributed by atoms with Gasteiger partial charge in [0.05, 0.1) is 6.61 Å². The molecular formula is C9H10FN5O3. The van der Waals surface area contributed by atoms with Crippen LogP contribution in [-0.4, -0.2) is 48.5 Å². The highest BCUT2D eigenvalue weighted by molar-refractivity contribution is 5.81. The van der Waals surface area contributed by atoms with Crippen molar-refractivity contribution in [1.82, 2.24) is 19.5 Å². The molecule has 1 saturated heterocycles. The van der Waals surface area contributed by atoms with Gasteiger partial charge in [0.25, 0.3) is 6.08 Å². The molecule has 1 aliphatic rings. The van der Waals surface area contributed by atoms with E-state index in [1.165, 1.54) is 0 Å². The number of rotatable bonds is 1. The van der Waals surface area contributed by atoms with Crippen LogP contribution in [0, 0.1) is 6.08 Å². The van der Waals surface area contributed by atoms with Crippen molar-refractivity contribution in [3.8, 4) is 0 Å². The van der Waals surface area contributed by atoms with Gasteiger partial charge in [-0.15, -0.1) is 0 Å². The lowest BCUT2D eigenvalue weighted by Gasteiger charge is -2.16. The summed E-state index contributed by atoms with van der Waals surface area (Å²) in [5.41, 5.74) is 5.75. The van der Waals surface area contributed by atoms with Crippen LogP contribution in [0.3, 0.4) is 0 Å². The molecule has 0 amide bonds. The molecule has 96 valence electrons. The predicted molar refractivity (Wildman–Crippen MR) is 56.7 cm³/mol. The van der Waals surface area contributed by atoms with Crippen molar-refractivity contribution in [2.45, 2.75) is 18.4 Å². The molecule has 0 aliphatic carbocycles. The number of imidazole rings is 1. The molecule has 0 aromatic carbocycles. The molecule has 2 aromatic heterocycles. The number of hydrogen-bond donors (Lipinski definition) is 3. The smallest absolute Gasteiger partial charge is 0.293 e. The van der Waals surface area contributed by atoms with E-state index in [4.69, 9.17) is 10.5 Å². The highest BCUT2D eigenvalue weighted by Crippen LogP contribution is 2.29. The minimum atomic E-state index is -1.26. The van der Waals surface area contributed by atoms with E-state index in [0.29, 0.717) is 0 Å². The van der Waals surface area contributed by atoms with Gasteiger partial charge in [0.1, 0.15) is 18.5 Å². The summed E-state index contributed by atoms with van der Waals surface area (Å²) in [7, 11) is 0. The molecule has 3 unspecified atom stereocenters. The minimum absolute atomic E-state index is 0.0330. The summed E-state index contributed by atoms with van der Waals surface area (Å²) in [6.45, 7) is -0.0918. The maximum absolute atomic E-state index is 13.8. The van der Waals surface area contributed by atoms with Crippen molar-refractivity contribution in [2.24, 2.45) is 0 Å². The Balaban J connectivity index is 2.17. The molecule has 0 spiro atoms. The number of fused-ring (bicyclic) bond motifs is 1. The van der Waals surface area contributed by atoms with Crippen LogP contribution in [0.2, 0.25) is 0 Å². The van der Waals surface area contributed by atoms with E-state index in [2.05, 4.69) is 15.0 Å². The van der Waals surface area contributed by atoms with Crippen LogP contribution >= 0.6 is 0 Å². The summed E-state index contributed by atoms with van der Waals surface area (Å²) in [6.07, 6.45) is -3.17. The van der Waals surface area contributed by atoms with Crippen LogP contribution in [0.1, 0.15) is 6.23 Å². The third kappa shape index (κ3) is 1.45. The van der Waals surface area contributed by atoms with Crippen LogP contribution in [0.4, 0.5) is 10.2 Å². The Morgan fingerprint density at radius 3 is 2.89 bits per heavy atom. The first kappa shape index (κ1) is 11.3. The standard InChI is InChI=1S/C9H10FN5O3/c10-9-14-4-6(11)12-2-13-7(4)15(9)8-5(17)3(16)1-18-8/h2-3,5,8,16-17H,1H2,(H2,11,12,13). The lowest BCUT2D eigenvalue weighted by molar-refractivity contribution is -0.0224. The van der Waals surface area contributed by atoms with Gasteiger partial charge in [-0.05, 0) is 0 Å². The topological polar surface area (TPSA) is 119 Å². The Kier molecular flexibility index (Phi) is 2.40. The van der Waals surface area contributed by atoms with Gasteiger partial charge in [-0.1, -0.05) is 0 Å². The number of hydrogen-bond acceptors (Lipinski definition) is 7. The molecule has 4 N–H and O–H groups in total. The fraction of sp³-hybridized carbons (Fsp3) is 0.444. The van der Waals surface area contributed by atoms with Crippen molar-refractivity contribution in [3.05, 3.63) is 12.4 Å². The first-order chi connectivity index (χ1) is 8.59. The van der Waals surface area contributed by atoms with Gasteiger partial charge in [0.2, 0.25) is 0 Å². The first-order valence-electron chi connectivity index (χ1n) is 5.21. The Bertz CT molecular complexity index is 603. The zero-order valence-corrected chi connectivity index (χ0v) is 9.06. The van der Waals surface area contributed by atoms with Crippen LogP contribution in [0.25, 0.3) is 11.2 Å². The third-order valence-corrected chi connectivity index (χ3v) is 2.84. The monoisotopic (exact) mass is 255 g/mol. The minimum Gasteiger partial charge on any atom is -0.388 e. The maximum atomic E-state index is 13.8.